The molecule has 1 atom stereocenters. The van der Waals surface area contributed by atoms with Crippen LogP contribution in [0.15, 0.2) is 35.1 Å². The molecule has 32 heavy (non-hydrogen) atoms. The number of piperidine rings is 1. The summed E-state index contributed by atoms with van der Waals surface area (Å²) < 4.78 is 15.1. The number of H-pyrrole nitrogens is 1. The van der Waals surface area contributed by atoms with Gasteiger partial charge in [0.05, 0.1) is 17.8 Å². The number of carbonyl (C=O) groups is 1. The Morgan fingerprint density at radius 3 is 2.97 bits per heavy atom. The van der Waals surface area contributed by atoms with Crippen LogP contribution in [-0.2, 0) is 24.3 Å². The van der Waals surface area contributed by atoms with Crippen molar-refractivity contribution in [3.8, 4) is 0 Å². The first kappa shape index (κ1) is 20.9. The van der Waals surface area contributed by atoms with Gasteiger partial charge in [-0.3, -0.25) is 19.6 Å². The quantitative estimate of drug-likeness (QED) is 0.681. The third-order valence-corrected chi connectivity index (χ3v) is 6.68. The van der Waals surface area contributed by atoms with Crippen molar-refractivity contribution >= 4 is 11.6 Å². The Bertz CT molecular complexity index is 1220. The highest BCUT2D eigenvalue weighted by molar-refractivity contribution is 5.76. The minimum Gasteiger partial charge on any atom is -0.338 e. The number of halogens is 1. The molecule has 2 aliphatic rings. The predicted molar refractivity (Wildman–Crippen MR) is 119 cm³/mol. The highest BCUT2D eigenvalue weighted by atomic mass is 19.1. The second-order valence-corrected chi connectivity index (χ2v) is 8.87. The molecule has 168 valence electrons. The first-order valence-electron chi connectivity index (χ1n) is 11.4. The first-order chi connectivity index (χ1) is 15.5. The summed E-state index contributed by atoms with van der Waals surface area (Å²) in [6.07, 6.45) is 3.12. The Morgan fingerprint density at radius 1 is 1.28 bits per heavy atom. The number of likely N-dealkylation sites (tertiary alicyclic amines) is 1. The molecule has 1 saturated heterocycles. The molecule has 3 aromatic rings. The lowest BCUT2D eigenvalue weighted by Gasteiger charge is -2.32. The molecule has 0 bridgehead atoms. The lowest BCUT2D eigenvalue weighted by atomic mass is 9.94. The van der Waals surface area contributed by atoms with Gasteiger partial charge in [0.15, 0.2) is 5.65 Å². The third-order valence-electron chi connectivity index (χ3n) is 6.68. The number of rotatable bonds is 4. The molecule has 0 saturated carbocycles. The Kier molecular flexibility index (Phi) is 5.55. The zero-order valence-electron chi connectivity index (χ0n) is 18.3. The minimum absolute atomic E-state index is 0.0629. The van der Waals surface area contributed by atoms with E-state index < -0.39 is 0 Å². The lowest BCUT2D eigenvalue weighted by molar-refractivity contribution is -0.131. The van der Waals surface area contributed by atoms with Gasteiger partial charge in [-0.25, -0.2) is 13.9 Å². The van der Waals surface area contributed by atoms with Crippen LogP contribution in [0.25, 0.3) is 5.65 Å². The van der Waals surface area contributed by atoms with Gasteiger partial charge in [-0.15, -0.1) is 0 Å². The third kappa shape index (κ3) is 3.95. The molecule has 8 heteroatoms. The summed E-state index contributed by atoms with van der Waals surface area (Å²) in [5, 5.41) is 3.29. The van der Waals surface area contributed by atoms with E-state index in [9.17, 15) is 14.0 Å². The van der Waals surface area contributed by atoms with Crippen LogP contribution in [0, 0.1) is 5.82 Å². The standard InChI is InChI=1S/C24H28FN5O2/c1-2-23(31)29-10-8-20-19(15-29)24(32)30-22(26-20)12-21(27-30)17-6-4-9-28(14-17)13-16-5-3-7-18(25)11-16/h3,5,7,11-12,17,27H,2,4,6,8-10,13-15H2,1H3/t17-/m0/s1. The van der Waals surface area contributed by atoms with Gasteiger partial charge in [-0.05, 0) is 37.1 Å². The van der Waals surface area contributed by atoms with Crippen molar-refractivity contribution in [1.82, 2.24) is 24.4 Å². The first-order valence-corrected chi connectivity index (χ1v) is 11.4. The number of amides is 1. The summed E-state index contributed by atoms with van der Waals surface area (Å²) in [5.74, 6) is 0.113. The SMILES string of the molecule is CCC(=O)N1CCc2nc3cc([C@H]4CCCN(Cc5cccc(F)c5)C4)[nH]n3c(=O)c2C1. The maximum absolute atomic E-state index is 13.6. The average molecular weight is 438 g/mol. The molecule has 1 N–H and O–H groups in total. The zero-order chi connectivity index (χ0) is 22.2. The summed E-state index contributed by atoms with van der Waals surface area (Å²) in [5.41, 5.74) is 3.91. The Labute approximate surface area is 185 Å². The summed E-state index contributed by atoms with van der Waals surface area (Å²) in [7, 11) is 0. The van der Waals surface area contributed by atoms with Crippen LogP contribution in [0.2, 0.25) is 0 Å². The normalized spacial score (nSPS) is 19.3. The number of aromatic amines is 1. The van der Waals surface area contributed by atoms with Crippen molar-refractivity contribution in [2.75, 3.05) is 19.6 Å². The van der Waals surface area contributed by atoms with Crippen LogP contribution in [0.4, 0.5) is 4.39 Å². The molecule has 5 rings (SSSR count). The highest BCUT2D eigenvalue weighted by Crippen LogP contribution is 2.28. The van der Waals surface area contributed by atoms with E-state index in [2.05, 4.69) is 10.00 Å². The van der Waals surface area contributed by atoms with Gasteiger partial charge in [-0.1, -0.05) is 19.1 Å². The number of carbonyl (C=O) groups excluding carboxylic acids is 1. The number of aromatic nitrogens is 3. The van der Waals surface area contributed by atoms with E-state index in [0.29, 0.717) is 43.7 Å². The van der Waals surface area contributed by atoms with E-state index in [1.165, 1.54) is 10.6 Å². The van der Waals surface area contributed by atoms with Gasteiger partial charge in [0.1, 0.15) is 5.82 Å². The van der Waals surface area contributed by atoms with Crippen molar-refractivity contribution in [1.29, 1.82) is 0 Å². The van der Waals surface area contributed by atoms with E-state index in [1.54, 1.807) is 17.0 Å². The van der Waals surface area contributed by atoms with Crippen LogP contribution in [0.3, 0.4) is 0 Å². The average Bonchev–Trinajstić information content (AvgIpc) is 3.23. The molecule has 0 aliphatic carbocycles. The van der Waals surface area contributed by atoms with Crippen LogP contribution in [-0.4, -0.2) is 49.9 Å². The second-order valence-electron chi connectivity index (χ2n) is 8.87. The van der Waals surface area contributed by atoms with Crippen molar-refractivity contribution in [3.63, 3.8) is 0 Å². The summed E-state index contributed by atoms with van der Waals surface area (Å²) in [4.78, 5) is 34.1. The molecule has 1 aromatic carbocycles. The van der Waals surface area contributed by atoms with E-state index in [1.807, 2.05) is 19.1 Å². The van der Waals surface area contributed by atoms with Crippen LogP contribution < -0.4 is 5.56 Å². The molecular weight excluding hydrogens is 409 g/mol. The number of fused-ring (bicyclic) bond motifs is 2. The largest absolute Gasteiger partial charge is 0.338 e. The Hall–Kier alpha value is -3.00. The monoisotopic (exact) mass is 437 g/mol. The molecule has 4 heterocycles. The zero-order valence-corrected chi connectivity index (χ0v) is 18.3. The van der Waals surface area contributed by atoms with Crippen molar-refractivity contribution in [2.24, 2.45) is 0 Å². The van der Waals surface area contributed by atoms with Crippen LogP contribution in [0.5, 0.6) is 0 Å². The molecular formula is C24H28FN5O2. The number of nitrogens with zero attached hydrogens (tertiary/aromatic N) is 4. The van der Waals surface area contributed by atoms with Gasteiger partial charge in [-0.2, -0.15) is 0 Å². The van der Waals surface area contributed by atoms with Gasteiger partial charge in [0, 0.05) is 50.2 Å². The number of benzene rings is 1. The van der Waals surface area contributed by atoms with E-state index in [4.69, 9.17) is 4.98 Å². The highest BCUT2D eigenvalue weighted by Gasteiger charge is 2.27. The van der Waals surface area contributed by atoms with E-state index >= 15 is 0 Å². The number of hydrogen-bond donors (Lipinski definition) is 1. The summed E-state index contributed by atoms with van der Waals surface area (Å²) in [6.45, 7) is 5.30. The minimum atomic E-state index is -0.208. The second kappa shape index (κ2) is 8.50. The molecule has 1 amide bonds. The van der Waals surface area contributed by atoms with Gasteiger partial charge in [0.25, 0.3) is 5.56 Å². The smallest absolute Gasteiger partial charge is 0.277 e. The van der Waals surface area contributed by atoms with Crippen LogP contribution >= 0.6 is 0 Å². The van der Waals surface area contributed by atoms with Gasteiger partial charge >= 0.3 is 0 Å². The van der Waals surface area contributed by atoms with Gasteiger partial charge in [0.2, 0.25) is 5.91 Å². The summed E-state index contributed by atoms with van der Waals surface area (Å²) in [6, 6.07) is 8.75. The summed E-state index contributed by atoms with van der Waals surface area (Å²) >= 11 is 0. The van der Waals surface area contributed by atoms with Crippen molar-refractivity contribution in [3.05, 3.63) is 69.0 Å². The fourth-order valence-electron chi connectivity index (χ4n) is 4.99. The molecule has 1 fully saturated rings. The maximum atomic E-state index is 13.6. The fourth-order valence-corrected chi connectivity index (χ4v) is 4.99. The molecule has 2 aliphatic heterocycles. The van der Waals surface area contributed by atoms with Crippen molar-refractivity contribution in [2.45, 2.75) is 51.6 Å². The topological polar surface area (TPSA) is 73.7 Å². The number of hydrogen-bond acceptors (Lipinski definition) is 4. The van der Waals surface area contributed by atoms with Crippen molar-refractivity contribution < 1.29 is 9.18 Å². The molecule has 7 nitrogen and oxygen atoms in total. The van der Waals surface area contributed by atoms with Gasteiger partial charge < -0.3 is 4.90 Å². The molecule has 0 radical (unpaired) electrons. The van der Waals surface area contributed by atoms with Crippen LogP contribution in [0.1, 0.15) is 54.6 Å². The Morgan fingerprint density at radius 2 is 2.16 bits per heavy atom. The Balaban J connectivity index is 1.38. The lowest BCUT2D eigenvalue weighted by Crippen LogP contribution is -2.40. The molecule has 0 spiro atoms. The fraction of sp³-hybridized carbons (Fsp3) is 0.458. The predicted octanol–water partition coefficient (Wildman–Crippen LogP) is 2.84. The maximum Gasteiger partial charge on any atom is 0.277 e. The van der Waals surface area contributed by atoms with E-state index in [-0.39, 0.29) is 23.2 Å². The van der Waals surface area contributed by atoms with E-state index in [0.717, 1.165) is 42.9 Å². The molecule has 2 aromatic heterocycles. The number of nitrogens with one attached hydrogen (secondary N) is 1. The molecule has 0 unspecified atom stereocenters.